The van der Waals surface area contributed by atoms with E-state index in [4.69, 9.17) is 18.9 Å². The second-order valence-electron chi connectivity index (χ2n) is 6.44. The van der Waals surface area contributed by atoms with Gasteiger partial charge in [-0.3, -0.25) is 4.79 Å². The number of hydrogen-bond donors (Lipinski definition) is 0. The zero-order valence-electron chi connectivity index (χ0n) is 16.8. The number of hydrogen-bond acceptors (Lipinski definition) is 9. The number of methoxy groups -OCH3 is 1. The van der Waals surface area contributed by atoms with Crippen LogP contribution in [0.4, 0.5) is 5.13 Å². The van der Waals surface area contributed by atoms with Crippen molar-refractivity contribution >= 4 is 40.1 Å². The van der Waals surface area contributed by atoms with E-state index in [-0.39, 0.29) is 19.3 Å². The van der Waals surface area contributed by atoms with Crippen LogP contribution < -0.4 is 19.2 Å². The van der Waals surface area contributed by atoms with E-state index in [0.717, 1.165) is 11.3 Å². The van der Waals surface area contributed by atoms with E-state index in [1.165, 1.54) is 5.01 Å². The molecule has 0 radical (unpaired) electrons. The summed E-state index contributed by atoms with van der Waals surface area (Å²) in [6.45, 7) is 5.55. The highest BCUT2D eigenvalue weighted by atomic mass is 32.1. The van der Waals surface area contributed by atoms with Crippen molar-refractivity contribution in [3.63, 3.8) is 0 Å². The quantitative estimate of drug-likeness (QED) is 0.532. The van der Waals surface area contributed by atoms with Crippen molar-refractivity contribution in [1.29, 1.82) is 0 Å². The molecule has 0 bridgehead atoms. The highest BCUT2D eigenvalue weighted by Crippen LogP contribution is 2.39. The molecule has 156 valence electrons. The van der Waals surface area contributed by atoms with Crippen molar-refractivity contribution in [3.8, 4) is 17.2 Å². The van der Waals surface area contributed by atoms with E-state index >= 15 is 0 Å². The van der Waals surface area contributed by atoms with Crippen LogP contribution in [0.15, 0.2) is 22.8 Å². The Labute approximate surface area is 176 Å². The molecule has 30 heavy (non-hydrogen) atoms. The summed E-state index contributed by atoms with van der Waals surface area (Å²) in [6.07, 6.45) is 1.69. The van der Waals surface area contributed by atoms with Gasteiger partial charge in [-0.1, -0.05) is 11.3 Å². The molecule has 1 aromatic carbocycles. The van der Waals surface area contributed by atoms with Crippen LogP contribution >= 0.6 is 11.3 Å². The van der Waals surface area contributed by atoms with Crippen LogP contribution in [0.1, 0.15) is 34.8 Å². The normalized spacial score (nSPS) is 16.3. The number of carbonyl (C=O) groups excluding carboxylic acids is 2. The zero-order valence-corrected chi connectivity index (χ0v) is 17.7. The van der Waals surface area contributed by atoms with E-state index in [1.807, 2.05) is 0 Å². The summed E-state index contributed by atoms with van der Waals surface area (Å²) < 4.78 is 21.3. The van der Waals surface area contributed by atoms with Crippen LogP contribution in [0.3, 0.4) is 0 Å². The molecule has 0 saturated carbocycles. The van der Waals surface area contributed by atoms with Crippen molar-refractivity contribution in [2.24, 2.45) is 5.10 Å². The molecule has 2 aliphatic rings. The Bertz CT molecular complexity index is 1100. The van der Waals surface area contributed by atoms with Crippen molar-refractivity contribution in [2.75, 3.05) is 25.5 Å². The number of anilines is 1. The summed E-state index contributed by atoms with van der Waals surface area (Å²) in [6, 6.07) is 3.47. The van der Waals surface area contributed by atoms with Crippen LogP contribution in [0.5, 0.6) is 17.2 Å². The third kappa shape index (κ3) is 3.39. The minimum absolute atomic E-state index is 0.137. The fourth-order valence-electron chi connectivity index (χ4n) is 3.06. The van der Waals surface area contributed by atoms with Crippen molar-refractivity contribution in [1.82, 2.24) is 4.98 Å². The average Bonchev–Trinajstić information content (AvgIpc) is 3.40. The number of benzene rings is 1. The monoisotopic (exact) mass is 429 g/mol. The van der Waals surface area contributed by atoms with Crippen molar-refractivity contribution in [2.45, 2.75) is 20.8 Å². The minimum Gasteiger partial charge on any atom is -0.496 e. The fraction of sp³-hybridized carbons (Fsp3) is 0.300. The molecule has 10 heteroatoms. The molecule has 0 atom stereocenters. The summed E-state index contributed by atoms with van der Waals surface area (Å²) in [5.74, 6) is 0.890. The summed E-state index contributed by atoms with van der Waals surface area (Å²) >= 11 is 1.07. The van der Waals surface area contributed by atoms with Crippen LogP contribution in [0, 0.1) is 6.92 Å². The maximum Gasteiger partial charge on any atom is 0.350 e. The van der Waals surface area contributed by atoms with E-state index in [0.29, 0.717) is 49.8 Å². The maximum absolute atomic E-state index is 13.1. The van der Waals surface area contributed by atoms with Gasteiger partial charge in [0.05, 0.1) is 30.7 Å². The number of aromatic nitrogens is 1. The average molecular weight is 429 g/mol. The molecule has 2 aliphatic heterocycles. The van der Waals surface area contributed by atoms with Gasteiger partial charge >= 0.3 is 5.97 Å². The molecule has 0 aliphatic carbocycles. The van der Waals surface area contributed by atoms with Gasteiger partial charge in [0.1, 0.15) is 10.6 Å². The molecule has 4 rings (SSSR count). The van der Waals surface area contributed by atoms with Gasteiger partial charge in [-0.05, 0) is 32.9 Å². The topological polar surface area (TPSA) is 99.5 Å². The molecule has 0 spiro atoms. The van der Waals surface area contributed by atoms with Gasteiger partial charge in [-0.15, -0.1) is 0 Å². The van der Waals surface area contributed by atoms with Gasteiger partial charge in [-0.25, -0.2) is 9.78 Å². The summed E-state index contributed by atoms with van der Waals surface area (Å²) in [5.41, 5.74) is 2.05. The smallest absolute Gasteiger partial charge is 0.350 e. The number of aryl methyl sites for hydroxylation is 1. The number of carbonyl (C=O) groups is 2. The first kappa shape index (κ1) is 19.9. The van der Waals surface area contributed by atoms with Crippen LogP contribution in [-0.2, 0) is 9.53 Å². The Morgan fingerprint density at radius 1 is 1.30 bits per heavy atom. The first-order valence-electron chi connectivity index (χ1n) is 9.16. The number of amides is 1. The Hall–Kier alpha value is -3.40. The highest BCUT2D eigenvalue weighted by Gasteiger charge is 2.32. The fourth-order valence-corrected chi connectivity index (χ4v) is 3.97. The second-order valence-corrected chi connectivity index (χ2v) is 7.42. The molecule has 3 heterocycles. The van der Waals surface area contributed by atoms with Crippen molar-refractivity contribution < 1.29 is 28.5 Å². The Morgan fingerprint density at radius 3 is 2.73 bits per heavy atom. The van der Waals surface area contributed by atoms with Gasteiger partial charge in [0, 0.05) is 11.6 Å². The summed E-state index contributed by atoms with van der Waals surface area (Å²) in [7, 11) is 1.54. The molecule has 1 aromatic heterocycles. The van der Waals surface area contributed by atoms with Gasteiger partial charge in [0.2, 0.25) is 11.9 Å². The van der Waals surface area contributed by atoms with Gasteiger partial charge in [0.25, 0.3) is 5.91 Å². The largest absolute Gasteiger partial charge is 0.496 e. The Kier molecular flexibility index (Phi) is 5.17. The van der Waals surface area contributed by atoms with E-state index in [1.54, 1.807) is 46.1 Å². The molecular formula is C20H19N3O6S. The highest BCUT2D eigenvalue weighted by molar-refractivity contribution is 7.17. The lowest BCUT2D eigenvalue weighted by atomic mass is 10.1. The number of fused-ring (bicyclic) bond motifs is 1. The maximum atomic E-state index is 13.1. The third-order valence-corrected chi connectivity index (χ3v) is 5.63. The predicted octanol–water partition coefficient (Wildman–Crippen LogP) is 3.17. The minimum atomic E-state index is -0.466. The standard InChI is InChI=1S/C20H19N3O6S/c1-5-27-19(25)17-11(3)21-20(30-17)23-18(24)13(10(2)22-23)6-12-7-15-16(29-9-28-15)8-14(12)26-4/h6-8H,5,9H2,1-4H3/b13-6+. The number of esters is 1. The summed E-state index contributed by atoms with van der Waals surface area (Å²) in [4.78, 5) is 29.8. The number of hydrazone groups is 1. The van der Waals surface area contributed by atoms with E-state index in [9.17, 15) is 9.59 Å². The molecule has 0 saturated heterocycles. The number of ether oxygens (including phenoxy) is 4. The molecule has 1 amide bonds. The Morgan fingerprint density at radius 2 is 2.03 bits per heavy atom. The molecule has 9 nitrogen and oxygen atoms in total. The van der Waals surface area contributed by atoms with Crippen LogP contribution in [0.25, 0.3) is 6.08 Å². The predicted molar refractivity (Wildman–Crippen MR) is 110 cm³/mol. The van der Waals surface area contributed by atoms with Crippen LogP contribution in [-0.4, -0.2) is 43.1 Å². The Balaban J connectivity index is 1.67. The first-order valence-corrected chi connectivity index (χ1v) is 9.98. The van der Waals surface area contributed by atoms with Gasteiger partial charge in [-0.2, -0.15) is 10.1 Å². The van der Waals surface area contributed by atoms with Gasteiger partial charge in [0.15, 0.2) is 11.5 Å². The lowest BCUT2D eigenvalue weighted by Crippen LogP contribution is -2.21. The van der Waals surface area contributed by atoms with E-state index < -0.39 is 5.97 Å². The van der Waals surface area contributed by atoms with Crippen molar-refractivity contribution in [3.05, 3.63) is 33.8 Å². The SMILES string of the molecule is CCOC(=O)c1sc(N2N=C(C)/C(=C\c3cc4c(cc3OC)OCO4)C2=O)nc1C. The second kappa shape index (κ2) is 7.79. The zero-order chi connectivity index (χ0) is 21.4. The van der Waals surface area contributed by atoms with E-state index in [2.05, 4.69) is 10.1 Å². The first-order chi connectivity index (χ1) is 14.4. The summed E-state index contributed by atoms with van der Waals surface area (Å²) in [5, 5.41) is 5.84. The molecule has 0 unspecified atom stereocenters. The molecule has 0 N–H and O–H groups in total. The number of rotatable bonds is 5. The lowest BCUT2D eigenvalue weighted by molar-refractivity contribution is -0.114. The van der Waals surface area contributed by atoms with Gasteiger partial charge < -0.3 is 18.9 Å². The number of thiazole rings is 1. The molecule has 0 fully saturated rings. The molecule has 2 aromatic rings. The molecular weight excluding hydrogens is 410 g/mol. The van der Waals surface area contributed by atoms with Crippen LogP contribution in [0.2, 0.25) is 0 Å². The number of nitrogens with zero attached hydrogens (tertiary/aromatic N) is 3. The third-order valence-electron chi connectivity index (χ3n) is 4.51. The lowest BCUT2D eigenvalue weighted by Gasteiger charge is -2.09.